The lowest BCUT2D eigenvalue weighted by molar-refractivity contribution is 0.0210. The van der Waals surface area contributed by atoms with Crippen LogP contribution in [0.1, 0.15) is 19.0 Å². The van der Waals surface area contributed by atoms with Crippen LogP contribution in [0.3, 0.4) is 0 Å². The number of anilines is 1. The minimum Gasteiger partial charge on any atom is -0.390 e. The number of aliphatic hydroxyl groups is 2. The molecule has 6 heteroatoms. The molecule has 4 rings (SSSR count). The fourth-order valence-corrected chi connectivity index (χ4v) is 3.54. The van der Waals surface area contributed by atoms with Crippen molar-refractivity contribution in [3.05, 3.63) is 48.2 Å². The fourth-order valence-electron chi connectivity index (χ4n) is 3.54. The van der Waals surface area contributed by atoms with E-state index in [1.165, 1.54) is 0 Å². The Morgan fingerprint density at radius 2 is 1.88 bits per heavy atom. The predicted molar refractivity (Wildman–Crippen MR) is 96.4 cm³/mol. The molecule has 3 N–H and O–H groups in total. The molecule has 2 heterocycles. The molecule has 1 fully saturated rings. The molecule has 1 aliphatic rings. The van der Waals surface area contributed by atoms with Gasteiger partial charge < -0.3 is 15.5 Å². The van der Waals surface area contributed by atoms with E-state index in [0.29, 0.717) is 6.42 Å². The van der Waals surface area contributed by atoms with Crippen LogP contribution in [0.4, 0.5) is 5.82 Å². The molecule has 25 heavy (non-hydrogen) atoms. The molecule has 0 spiro atoms. The molecule has 1 aliphatic carbocycles. The summed E-state index contributed by atoms with van der Waals surface area (Å²) in [5.74, 6) is 0.832. The van der Waals surface area contributed by atoms with E-state index in [0.717, 1.165) is 28.4 Å². The highest BCUT2D eigenvalue weighted by Gasteiger charge is 2.39. The second-order valence-corrected chi connectivity index (χ2v) is 6.89. The number of aryl methyl sites for hydroxylation is 1. The number of aliphatic hydroxyl groups excluding tert-OH is 2. The summed E-state index contributed by atoms with van der Waals surface area (Å²) in [6.07, 6.45) is -0.783. The first-order valence-corrected chi connectivity index (χ1v) is 8.58. The quantitative estimate of drug-likeness (QED) is 0.682. The van der Waals surface area contributed by atoms with E-state index in [-0.39, 0.29) is 12.0 Å². The zero-order chi connectivity index (χ0) is 17.6. The third-order valence-electron chi connectivity index (χ3n) is 4.93. The smallest absolute Gasteiger partial charge is 0.158 e. The normalized spacial score (nSPS) is 26.2. The van der Waals surface area contributed by atoms with Crippen molar-refractivity contribution in [3.8, 4) is 11.3 Å². The SMILES string of the molecule is Cc1cc(N[C@@H]2C[C@@H](C)[C@@H](O)[C@H]2O)n2nc(-c3ccccc3)cc2n1. The van der Waals surface area contributed by atoms with Crippen molar-refractivity contribution in [1.29, 1.82) is 0 Å². The van der Waals surface area contributed by atoms with Gasteiger partial charge in [-0.15, -0.1) is 0 Å². The van der Waals surface area contributed by atoms with Crippen LogP contribution in [0.25, 0.3) is 16.9 Å². The second-order valence-electron chi connectivity index (χ2n) is 6.89. The Hall–Kier alpha value is -2.44. The highest BCUT2D eigenvalue weighted by Crippen LogP contribution is 2.29. The van der Waals surface area contributed by atoms with Gasteiger partial charge in [-0.25, -0.2) is 4.98 Å². The van der Waals surface area contributed by atoms with Gasteiger partial charge >= 0.3 is 0 Å². The maximum Gasteiger partial charge on any atom is 0.158 e. The van der Waals surface area contributed by atoms with Gasteiger partial charge in [0.05, 0.1) is 17.8 Å². The largest absolute Gasteiger partial charge is 0.390 e. The zero-order valence-electron chi connectivity index (χ0n) is 14.3. The third-order valence-corrected chi connectivity index (χ3v) is 4.93. The highest BCUT2D eigenvalue weighted by molar-refractivity contribution is 5.65. The van der Waals surface area contributed by atoms with Gasteiger partial charge in [-0.1, -0.05) is 37.3 Å². The predicted octanol–water partition coefficient (Wildman–Crippen LogP) is 2.25. The summed E-state index contributed by atoms with van der Waals surface area (Å²) in [6, 6.07) is 13.6. The summed E-state index contributed by atoms with van der Waals surface area (Å²) in [7, 11) is 0. The Labute approximate surface area is 146 Å². The summed E-state index contributed by atoms with van der Waals surface area (Å²) >= 11 is 0. The lowest BCUT2D eigenvalue weighted by atomic mass is 10.1. The van der Waals surface area contributed by atoms with Crippen LogP contribution < -0.4 is 5.32 Å². The van der Waals surface area contributed by atoms with Crippen LogP contribution in [0, 0.1) is 12.8 Å². The Balaban J connectivity index is 1.73. The molecule has 0 unspecified atom stereocenters. The molecule has 1 saturated carbocycles. The highest BCUT2D eigenvalue weighted by atomic mass is 16.3. The van der Waals surface area contributed by atoms with Crippen LogP contribution in [-0.4, -0.2) is 43.1 Å². The van der Waals surface area contributed by atoms with Gasteiger partial charge in [-0.05, 0) is 19.3 Å². The van der Waals surface area contributed by atoms with Crippen LogP contribution in [0.5, 0.6) is 0 Å². The van der Waals surface area contributed by atoms with Crippen molar-refractivity contribution in [2.45, 2.75) is 38.5 Å². The number of fused-ring (bicyclic) bond motifs is 1. The standard InChI is InChI=1S/C19H22N4O2/c1-11-8-15(19(25)18(11)24)21-16-9-12(2)20-17-10-14(22-23(16)17)13-6-4-3-5-7-13/h3-7,9-11,15,18-19,21,24-25H,8H2,1-2H3/t11-,15-,18-,19+/m1/s1. The molecule has 130 valence electrons. The average Bonchev–Trinajstić information content (AvgIpc) is 3.13. The molecular weight excluding hydrogens is 316 g/mol. The Morgan fingerprint density at radius 3 is 2.56 bits per heavy atom. The Morgan fingerprint density at radius 1 is 1.12 bits per heavy atom. The van der Waals surface area contributed by atoms with Crippen LogP contribution in [0.15, 0.2) is 42.5 Å². The minimum atomic E-state index is -0.789. The van der Waals surface area contributed by atoms with E-state index in [1.54, 1.807) is 4.52 Å². The van der Waals surface area contributed by atoms with Gasteiger partial charge in [0.2, 0.25) is 0 Å². The molecule has 0 saturated heterocycles. The summed E-state index contributed by atoms with van der Waals surface area (Å²) < 4.78 is 1.76. The number of aromatic nitrogens is 3. The third kappa shape index (κ3) is 2.88. The van der Waals surface area contributed by atoms with Gasteiger partial charge in [-0.3, -0.25) is 0 Å². The van der Waals surface area contributed by atoms with E-state index >= 15 is 0 Å². The van der Waals surface area contributed by atoms with E-state index in [9.17, 15) is 10.2 Å². The van der Waals surface area contributed by atoms with E-state index in [2.05, 4.69) is 15.4 Å². The number of hydrogen-bond acceptors (Lipinski definition) is 5. The molecule has 0 aliphatic heterocycles. The number of nitrogens with zero attached hydrogens (tertiary/aromatic N) is 3. The maximum atomic E-state index is 10.3. The number of hydrogen-bond donors (Lipinski definition) is 3. The number of benzene rings is 1. The van der Waals surface area contributed by atoms with Gasteiger partial charge in [0, 0.05) is 23.4 Å². The average molecular weight is 338 g/mol. The topological polar surface area (TPSA) is 82.7 Å². The van der Waals surface area contributed by atoms with E-state index < -0.39 is 12.2 Å². The Kier molecular flexibility index (Phi) is 3.94. The number of rotatable bonds is 3. The lowest BCUT2D eigenvalue weighted by Gasteiger charge is -2.19. The zero-order valence-corrected chi connectivity index (χ0v) is 14.3. The molecule has 4 atom stereocenters. The lowest BCUT2D eigenvalue weighted by Crippen LogP contribution is -2.35. The van der Waals surface area contributed by atoms with Crippen molar-refractivity contribution in [2.75, 3.05) is 5.32 Å². The fraction of sp³-hybridized carbons (Fsp3) is 0.368. The van der Waals surface area contributed by atoms with Gasteiger partial charge in [-0.2, -0.15) is 9.61 Å². The molecule has 3 aromatic rings. The van der Waals surface area contributed by atoms with Crippen molar-refractivity contribution in [1.82, 2.24) is 14.6 Å². The van der Waals surface area contributed by atoms with Crippen LogP contribution in [-0.2, 0) is 0 Å². The second kappa shape index (κ2) is 6.13. The van der Waals surface area contributed by atoms with Crippen molar-refractivity contribution >= 4 is 11.5 Å². The van der Waals surface area contributed by atoms with Crippen molar-refractivity contribution in [3.63, 3.8) is 0 Å². The summed E-state index contributed by atoms with van der Waals surface area (Å²) in [4.78, 5) is 4.55. The first-order valence-electron chi connectivity index (χ1n) is 8.58. The summed E-state index contributed by atoms with van der Waals surface area (Å²) in [5.41, 5.74) is 3.50. The first-order chi connectivity index (χ1) is 12.0. The number of nitrogens with one attached hydrogen (secondary N) is 1. The summed E-state index contributed by atoms with van der Waals surface area (Å²) in [6.45, 7) is 3.88. The Bertz CT molecular complexity index is 893. The summed E-state index contributed by atoms with van der Waals surface area (Å²) in [5, 5.41) is 28.3. The molecule has 0 amide bonds. The molecular formula is C19H22N4O2. The van der Waals surface area contributed by atoms with E-state index in [1.807, 2.05) is 56.3 Å². The molecule has 6 nitrogen and oxygen atoms in total. The van der Waals surface area contributed by atoms with E-state index in [4.69, 9.17) is 0 Å². The molecule has 0 bridgehead atoms. The van der Waals surface area contributed by atoms with Crippen LogP contribution in [0.2, 0.25) is 0 Å². The van der Waals surface area contributed by atoms with Gasteiger partial charge in [0.15, 0.2) is 5.65 Å². The molecule has 2 aromatic heterocycles. The van der Waals surface area contributed by atoms with Crippen molar-refractivity contribution < 1.29 is 10.2 Å². The monoisotopic (exact) mass is 338 g/mol. The van der Waals surface area contributed by atoms with Gasteiger partial charge in [0.1, 0.15) is 11.9 Å². The van der Waals surface area contributed by atoms with Crippen molar-refractivity contribution in [2.24, 2.45) is 5.92 Å². The maximum absolute atomic E-state index is 10.3. The molecule has 0 radical (unpaired) electrons. The first kappa shape index (κ1) is 16.1. The van der Waals surface area contributed by atoms with Crippen LogP contribution >= 0.6 is 0 Å². The minimum absolute atomic E-state index is 0.0587. The molecule has 1 aromatic carbocycles. The van der Waals surface area contributed by atoms with Gasteiger partial charge in [0.25, 0.3) is 0 Å².